The molecule has 1 aromatic rings. The van der Waals surface area contributed by atoms with Gasteiger partial charge in [0.05, 0.1) is 0 Å². The fourth-order valence-corrected chi connectivity index (χ4v) is 5.23. The number of unbranched alkanes of at least 4 members (excludes halogenated alkanes) is 1. The van der Waals surface area contributed by atoms with Gasteiger partial charge in [-0.05, 0) is 39.7 Å². The Labute approximate surface area is 178 Å². The van der Waals surface area contributed by atoms with Crippen LogP contribution in [0.4, 0.5) is 9.59 Å². The number of benzene rings is 1. The lowest BCUT2D eigenvalue weighted by atomic mass is 9.69. The number of urea groups is 1. The number of nitrogens with zero attached hydrogens (tertiary/aromatic N) is 2. The van der Waals surface area contributed by atoms with Crippen LogP contribution in [0.5, 0.6) is 0 Å². The summed E-state index contributed by atoms with van der Waals surface area (Å²) in [5.74, 6) is -0.181. The molecule has 1 spiro atoms. The number of imide groups is 1. The van der Waals surface area contributed by atoms with E-state index < -0.39 is 22.7 Å². The number of ether oxygens (including phenoxy) is 1. The number of hydrogen-bond acceptors (Lipinski definition) is 4. The Balaban J connectivity index is 1.80. The Morgan fingerprint density at radius 2 is 1.67 bits per heavy atom. The first kappa shape index (κ1) is 22.1. The van der Waals surface area contributed by atoms with Crippen LogP contribution in [0.25, 0.3) is 0 Å². The number of rotatable bonds is 5. The largest absolute Gasteiger partial charge is 0.445 e. The summed E-state index contributed by atoms with van der Waals surface area (Å²) in [5.41, 5.74) is -1.44. The second-order valence-corrected chi connectivity index (χ2v) is 9.68. The molecule has 7 heteroatoms. The monoisotopic (exact) mass is 415 g/mol. The van der Waals surface area contributed by atoms with E-state index in [0.29, 0.717) is 19.4 Å². The molecule has 0 aliphatic carbocycles. The van der Waals surface area contributed by atoms with Crippen molar-refractivity contribution in [2.24, 2.45) is 0 Å². The highest BCUT2D eigenvalue weighted by molar-refractivity contribution is 6.07. The maximum absolute atomic E-state index is 13.3. The molecular weight excluding hydrogens is 382 g/mol. The van der Waals surface area contributed by atoms with E-state index in [-0.39, 0.29) is 18.5 Å². The van der Waals surface area contributed by atoms with Gasteiger partial charge in [0.1, 0.15) is 12.1 Å². The van der Waals surface area contributed by atoms with Gasteiger partial charge in [-0.1, -0.05) is 43.7 Å². The molecule has 2 saturated heterocycles. The van der Waals surface area contributed by atoms with Gasteiger partial charge in [-0.2, -0.15) is 0 Å². The van der Waals surface area contributed by atoms with Gasteiger partial charge in [-0.15, -0.1) is 0 Å². The molecule has 164 valence electrons. The van der Waals surface area contributed by atoms with Crippen LogP contribution in [0.15, 0.2) is 30.3 Å². The smallest absolute Gasteiger partial charge is 0.410 e. The molecule has 0 bridgehead atoms. The van der Waals surface area contributed by atoms with E-state index in [1.54, 1.807) is 4.90 Å². The molecule has 0 radical (unpaired) electrons. The highest BCUT2D eigenvalue weighted by Gasteiger charge is 2.62. The molecule has 2 aliphatic rings. The Bertz CT molecular complexity index is 801. The van der Waals surface area contributed by atoms with Crippen molar-refractivity contribution in [2.45, 2.75) is 83.5 Å². The first-order chi connectivity index (χ1) is 14.0. The molecule has 1 N–H and O–H groups in total. The van der Waals surface area contributed by atoms with Gasteiger partial charge in [0.2, 0.25) is 0 Å². The predicted octanol–water partition coefficient (Wildman–Crippen LogP) is 4.07. The Morgan fingerprint density at radius 3 is 2.23 bits per heavy atom. The molecule has 0 aromatic heterocycles. The lowest BCUT2D eigenvalue weighted by Gasteiger charge is -2.56. The standard InChI is InChI=1S/C23H33N3O4/c1-6-7-13-25-18(27)23(24-19(25)28)15-21(2,3)26(22(4,5)16-23)20(29)30-14-17-11-9-8-10-12-17/h8-12H,6-7,13-16H2,1-5H3,(H,24,28). The van der Waals surface area contributed by atoms with Crippen LogP contribution in [0, 0.1) is 0 Å². The molecule has 4 amide bonds. The van der Waals surface area contributed by atoms with Gasteiger partial charge in [0, 0.05) is 30.5 Å². The molecule has 30 heavy (non-hydrogen) atoms. The molecule has 2 aliphatic heterocycles. The minimum Gasteiger partial charge on any atom is -0.445 e. The SMILES string of the molecule is CCCCN1C(=O)NC2(CC(C)(C)N(C(=O)OCc3ccccc3)C(C)(C)C2)C1=O. The number of hydrogen-bond donors (Lipinski definition) is 1. The van der Waals surface area contributed by atoms with Crippen LogP contribution in [-0.2, 0) is 16.1 Å². The topological polar surface area (TPSA) is 79.0 Å². The summed E-state index contributed by atoms with van der Waals surface area (Å²) in [6, 6.07) is 9.21. The molecule has 0 atom stereocenters. The summed E-state index contributed by atoms with van der Waals surface area (Å²) in [6.45, 7) is 10.3. The van der Waals surface area contributed by atoms with E-state index in [2.05, 4.69) is 5.32 Å². The van der Waals surface area contributed by atoms with Crippen LogP contribution in [0.3, 0.4) is 0 Å². The number of likely N-dealkylation sites (tertiary alicyclic amines) is 1. The fourth-order valence-electron chi connectivity index (χ4n) is 5.23. The van der Waals surface area contributed by atoms with E-state index >= 15 is 0 Å². The normalized spacial score (nSPS) is 21.6. The third kappa shape index (κ3) is 4.02. The van der Waals surface area contributed by atoms with Crippen molar-refractivity contribution in [2.75, 3.05) is 6.54 Å². The van der Waals surface area contributed by atoms with E-state index in [1.165, 1.54) is 4.90 Å². The van der Waals surface area contributed by atoms with Crippen molar-refractivity contribution in [3.8, 4) is 0 Å². The Kier molecular flexibility index (Phi) is 5.85. The van der Waals surface area contributed by atoms with E-state index in [1.807, 2.05) is 65.0 Å². The van der Waals surface area contributed by atoms with Gasteiger partial charge in [-0.25, -0.2) is 9.59 Å². The van der Waals surface area contributed by atoms with Crippen molar-refractivity contribution in [1.82, 2.24) is 15.1 Å². The predicted molar refractivity (Wildman–Crippen MR) is 114 cm³/mol. The number of nitrogens with one attached hydrogen (secondary N) is 1. The van der Waals surface area contributed by atoms with Crippen molar-refractivity contribution in [1.29, 1.82) is 0 Å². The highest BCUT2D eigenvalue weighted by atomic mass is 16.6. The molecule has 2 heterocycles. The minimum absolute atomic E-state index is 0.181. The zero-order valence-electron chi connectivity index (χ0n) is 18.7. The van der Waals surface area contributed by atoms with Crippen LogP contribution < -0.4 is 5.32 Å². The molecule has 1 aromatic carbocycles. The summed E-state index contributed by atoms with van der Waals surface area (Å²) < 4.78 is 5.62. The van der Waals surface area contributed by atoms with Crippen molar-refractivity contribution in [3.63, 3.8) is 0 Å². The third-order valence-corrected chi connectivity index (χ3v) is 6.05. The summed E-state index contributed by atoms with van der Waals surface area (Å²) in [6.07, 6.45) is 1.96. The molecule has 7 nitrogen and oxygen atoms in total. The van der Waals surface area contributed by atoms with Crippen molar-refractivity contribution < 1.29 is 19.1 Å². The van der Waals surface area contributed by atoms with Crippen LogP contribution in [0.1, 0.15) is 65.9 Å². The van der Waals surface area contributed by atoms with Crippen molar-refractivity contribution >= 4 is 18.0 Å². The van der Waals surface area contributed by atoms with E-state index in [4.69, 9.17) is 4.74 Å². The van der Waals surface area contributed by atoms with E-state index in [0.717, 1.165) is 18.4 Å². The maximum Gasteiger partial charge on any atom is 0.410 e. The average Bonchev–Trinajstić information content (AvgIpc) is 2.86. The third-order valence-electron chi connectivity index (χ3n) is 6.05. The number of carbonyl (C=O) groups excluding carboxylic acids is 3. The quantitative estimate of drug-likeness (QED) is 0.736. The summed E-state index contributed by atoms with van der Waals surface area (Å²) in [5, 5.41) is 2.97. The number of amides is 4. The zero-order chi connectivity index (χ0) is 22.2. The average molecular weight is 416 g/mol. The van der Waals surface area contributed by atoms with Gasteiger partial charge in [-0.3, -0.25) is 14.6 Å². The fraction of sp³-hybridized carbons (Fsp3) is 0.609. The lowest BCUT2D eigenvalue weighted by molar-refractivity contribution is -0.139. The van der Waals surface area contributed by atoms with Gasteiger partial charge in [0.25, 0.3) is 5.91 Å². The number of piperidine rings is 1. The van der Waals surface area contributed by atoms with E-state index in [9.17, 15) is 14.4 Å². The van der Waals surface area contributed by atoms with Crippen LogP contribution in [-0.4, -0.2) is 51.0 Å². The van der Waals surface area contributed by atoms with Crippen LogP contribution in [0.2, 0.25) is 0 Å². The Hall–Kier alpha value is -2.57. The Morgan fingerprint density at radius 1 is 1.07 bits per heavy atom. The van der Waals surface area contributed by atoms with Crippen molar-refractivity contribution in [3.05, 3.63) is 35.9 Å². The number of carbonyl (C=O) groups is 3. The molecular formula is C23H33N3O4. The summed E-state index contributed by atoms with van der Waals surface area (Å²) in [4.78, 5) is 42.0. The summed E-state index contributed by atoms with van der Waals surface area (Å²) in [7, 11) is 0. The van der Waals surface area contributed by atoms with Gasteiger partial charge in [0.15, 0.2) is 0 Å². The van der Waals surface area contributed by atoms with Gasteiger partial charge >= 0.3 is 12.1 Å². The lowest BCUT2D eigenvalue weighted by Crippen LogP contribution is -2.71. The molecule has 3 rings (SSSR count). The second-order valence-electron chi connectivity index (χ2n) is 9.68. The van der Waals surface area contributed by atoms with Crippen LogP contribution >= 0.6 is 0 Å². The maximum atomic E-state index is 13.3. The van der Waals surface area contributed by atoms with Gasteiger partial charge < -0.3 is 10.1 Å². The minimum atomic E-state index is -0.992. The first-order valence-electron chi connectivity index (χ1n) is 10.7. The summed E-state index contributed by atoms with van der Waals surface area (Å²) >= 11 is 0. The molecule has 0 saturated carbocycles. The second kappa shape index (κ2) is 7.93. The highest BCUT2D eigenvalue weighted by Crippen LogP contribution is 2.46. The first-order valence-corrected chi connectivity index (χ1v) is 10.7. The zero-order valence-corrected chi connectivity index (χ0v) is 18.7. The molecule has 2 fully saturated rings. The molecule has 0 unspecified atom stereocenters.